The number of H-pyrrole nitrogens is 4. The monoisotopic (exact) mass is 1500 g/mol. The lowest BCUT2D eigenvalue weighted by molar-refractivity contribution is -0.132. The van der Waals surface area contributed by atoms with Gasteiger partial charge in [0.1, 0.15) is 45.2 Å². The van der Waals surface area contributed by atoms with Crippen LogP contribution in [0.2, 0.25) is 0 Å². The second-order valence-electron chi connectivity index (χ2n) is 27.8. The summed E-state index contributed by atoms with van der Waals surface area (Å²) in [5.41, 5.74) is 18.5. The number of nitrogens with one attached hydrogen (secondary N) is 4. The predicted molar refractivity (Wildman–Crippen MR) is 452 cm³/mol. The minimum absolute atomic E-state index is 0.368. The molecule has 11 heterocycles. The Hall–Kier alpha value is -16.4. The Morgan fingerprint density at radius 2 is 0.600 bits per heavy atom. The molecule has 0 spiro atoms. The normalized spacial score (nSPS) is 12.2. The fourth-order valence-corrected chi connectivity index (χ4v) is 16.5. The molecule has 21 nitrogen and oxygen atoms in total. The number of carboxylic acids is 1. The first-order chi connectivity index (χ1) is 56.6. The van der Waals surface area contributed by atoms with E-state index < -0.39 is 11.7 Å². The topological polar surface area (TPSA) is 267 Å². The van der Waals surface area contributed by atoms with Crippen LogP contribution >= 0.6 is 11.3 Å². The minimum atomic E-state index is -1.31. The Bertz CT molecular complexity index is 7420. The van der Waals surface area contributed by atoms with Crippen LogP contribution in [0.3, 0.4) is 0 Å². The maximum Gasteiger partial charge on any atom is 0.333 e. The van der Waals surface area contributed by atoms with Gasteiger partial charge in [-0.25, -0.2) is 69.5 Å². The van der Waals surface area contributed by atoms with Crippen molar-refractivity contribution in [3.8, 4) is 113 Å². The molecule has 0 aliphatic carbocycles. The summed E-state index contributed by atoms with van der Waals surface area (Å²) in [5, 5.41) is 16.6. The van der Waals surface area contributed by atoms with Crippen molar-refractivity contribution in [3.05, 3.63) is 311 Å². The first kappa shape index (κ1) is 65.6. The average molecular weight is 1500 g/mol. The summed E-state index contributed by atoms with van der Waals surface area (Å²) >= 11 is 1.24. The largest absolute Gasteiger partial charge is 0.486 e. The van der Waals surface area contributed by atoms with Crippen LogP contribution in [0.4, 0.5) is 17.1 Å². The van der Waals surface area contributed by atoms with Crippen LogP contribution < -0.4 is 4.90 Å². The zero-order valence-electron chi connectivity index (χ0n) is 60.0. The molecule has 0 saturated carbocycles. The molecule has 5 N–H and O–H groups in total. The molecule has 4 aliphatic rings. The molecule has 22 heteroatoms. The predicted octanol–water partition coefficient (Wildman–Crippen LogP) is 21.7. The standard InChI is InChI=1S/C93H51N19O2S/c1-94-74(76-44-41-57(115-76)48-75(95-2)93(113)114)45-49-27-35-54(36-28-49)112(55-37-29-50(30-38-55)52-33-42-70-72(46-52)91-108-87-68-25-13-11-23-66(68)83(104-87)100-79-60-17-5-3-15-58(60)77(96-79)98-81-62-19-7-9-21-64(62)85(102-81)106-89(70)110-91)56-39-31-51(32-40-56)53-34-43-71-73(47-53)92-109-88-69-26-14-12-24-67(69)84(105-88)101-80-61-18-6-4-16-59(61)78(97-80)99-82-63-20-8-10-22-65(63)86(103-82)107-90(71)111-92/h3-48H,(H,113,114)(H2,96,98,100,102,104,106,108,110)(H2,97,99,101,103,105,107,109,111)/b74-45-,75-48-. The zero-order chi connectivity index (χ0) is 76.5. The van der Waals surface area contributed by atoms with Crippen molar-refractivity contribution in [2.75, 3.05) is 4.90 Å². The van der Waals surface area contributed by atoms with E-state index in [0.717, 1.165) is 132 Å². The van der Waals surface area contributed by atoms with Gasteiger partial charge in [0.15, 0.2) is 46.6 Å². The zero-order valence-corrected chi connectivity index (χ0v) is 60.8. The number of anilines is 3. The number of aromatic amines is 4. The van der Waals surface area contributed by atoms with Gasteiger partial charge >= 0.3 is 5.97 Å². The molecule has 115 heavy (non-hydrogen) atoms. The van der Waals surface area contributed by atoms with E-state index >= 15 is 0 Å². The van der Waals surface area contributed by atoms with Crippen LogP contribution in [0.15, 0.2) is 273 Å². The highest BCUT2D eigenvalue weighted by Gasteiger charge is 2.27. The number of hydrogen-bond acceptors (Lipinski definition) is 15. The lowest BCUT2D eigenvalue weighted by Crippen LogP contribution is -2.09. The molecule has 7 aromatic heterocycles. The number of nitrogens with zero attached hydrogens (tertiary/aromatic N) is 15. The van der Waals surface area contributed by atoms with Gasteiger partial charge in [-0.1, -0.05) is 200 Å². The molecule has 0 saturated heterocycles. The molecule has 0 radical (unpaired) electrons. The molecule has 11 aromatic carbocycles. The van der Waals surface area contributed by atoms with Gasteiger partial charge in [0, 0.05) is 114 Å². The molecule has 22 rings (SSSR count). The Balaban J connectivity index is 0.654. The summed E-state index contributed by atoms with van der Waals surface area (Å²) in [6, 6.07) is 89.1. The van der Waals surface area contributed by atoms with Crippen molar-refractivity contribution >= 4 is 140 Å². The van der Waals surface area contributed by atoms with Gasteiger partial charge in [-0.3, -0.25) is 4.79 Å². The molecule has 4 aliphatic heterocycles. The van der Waals surface area contributed by atoms with Crippen molar-refractivity contribution < 1.29 is 9.90 Å². The smallest absolute Gasteiger partial charge is 0.333 e. The molecule has 16 bridgehead atoms. The van der Waals surface area contributed by atoms with E-state index in [-0.39, 0.29) is 0 Å². The van der Waals surface area contributed by atoms with E-state index in [9.17, 15) is 9.90 Å². The highest BCUT2D eigenvalue weighted by Crippen LogP contribution is 2.45. The van der Waals surface area contributed by atoms with Gasteiger partial charge in [-0.2, -0.15) is 0 Å². The van der Waals surface area contributed by atoms with E-state index in [2.05, 4.69) is 119 Å². The number of carboxylic acid groups (broad SMARTS) is 1. The van der Waals surface area contributed by atoms with Crippen molar-refractivity contribution in [3.63, 3.8) is 0 Å². The Morgan fingerprint density at radius 3 is 0.904 bits per heavy atom. The number of aromatic nitrogens is 16. The Kier molecular flexibility index (Phi) is 14.9. The molecular weight excluding hydrogens is 1450 g/mol. The Morgan fingerprint density at radius 1 is 0.313 bits per heavy atom. The SMILES string of the molecule is [C-]#[N+]/C(=C\c1ccc(/C(=C/c2ccc(N(c3ccc(-c4ccc5c(c4)-c4nc-5nc5[nH]c(nc6nc(nc7[nH]c(n4)c4ccccc74)-c4ccccc4-6)c4ccccc54)cc3)c3ccc(-c4ccc5c(c4)-c4nc-5nc5[nH]c(nc6nc(nc7[nH]c(n4)c4ccccc74)-c4ccccc4-6)c4ccccc54)cc3)cc2)[N+]#[C-])s1)C(=O)O. The van der Waals surface area contributed by atoms with Gasteiger partial charge in [0.05, 0.1) is 13.1 Å². The second-order valence-corrected chi connectivity index (χ2v) is 28.9. The summed E-state index contributed by atoms with van der Waals surface area (Å²) in [4.78, 5) is 99.0. The molecule has 18 aromatic rings. The number of fused-ring (bicyclic) bond motifs is 40. The van der Waals surface area contributed by atoms with Crippen LogP contribution in [-0.4, -0.2) is 90.8 Å². The first-order valence-electron chi connectivity index (χ1n) is 36.7. The quantitative estimate of drug-likeness (QED) is 0.0664. The van der Waals surface area contributed by atoms with E-state index in [4.69, 9.17) is 73.0 Å². The third-order valence-electron chi connectivity index (χ3n) is 21.1. The maximum atomic E-state index is 11.7. The fraction of sp³-hybridized carbons (Fsp3) is 0. The number of rotatable bonds is 9. The van der Waals surface area contributed by atoms with Crippen LogP contribution in [0.25, 0.3) is 229 Å². The highest BCUT2D eigenvalue weighted by atomic mass is 32.1. The molecule has 0 amide bonds. The summed E-state index contributed by atoms with van der Waals surface area (Å²) in [5.74, 6) is 2.74. The lowest BCUT2D eigenvalue weighted by Gasteiger charge is -2.26. The van der Waals surface area contributed by atoms with E-state index in [1.165, 1.54) is 17.4 Å². The van der Waals surface area contributed by atoms with Gasteiger partial charge in [0.2, 0.25) is 5.70 Å². The summed E-state index contributed by atoms with van der Waals surface area (Å²) in [7, 11) is 0. The summed E-state index contributed by atoms with van der Waals surface area (Å²) in [6.45, 7) is 15.6. The molecular formula is C93H51N19O2S. The van der Waals surface area contributed by atoms with Gasteiger partial charge in [-0.15, -0.1) is 11.3 Å². The van der Waals surface area contributed by atoms with Crippen molar-refractivity contribution in [2.45, 2.75) is 0 Å². The number of aliphatic carboxylic acids is 1. The fourth-order valence-electron chi connectivity index (χ4n) is 15.6. The summed E-state index contributed by atoms with van der Waals surface area (Å²) < 4.78 is 0. The molecule has 536 valence electrons. The Labute approximate surface area is 655 Å². The van der Waals surface area contributed by atoms with E-state index in [0.29, 0.717) is 107 Å². The number of thiophene rings is 1. The van der Waals surface area contributed by atoms with Crippen molar-refractivity contribution in [1.29, 1.82) is 0 Å². The lowest BCUT2D eigenvalue weighted by atomic mass is 9.98. The van der Waals surface area contributed by atoms with Crippen LogP contribution in [0, 0.1) is 13.1 Å². The van der Waals surface area contributed by atoms with Gasteiger partial charge < -0.3 is 29.9 Å². The minimum Gasteiger partial charge on any atom is -0.486 e. The van der Waals surface area contributed by atoms with Crippen molar-refractivity contribution in [2.24, 2.45) is 0 Å². The first-order valence-corrected chi connectivity index (χ1v) is 37.6. The highest BCUT2D eigenvalue weighted by molar-refractivity contribution is 7.14. The number of hydrogen-bond donors (Lipinski definition) is 5. The molecule has 0 atom stereocenters. The summed E-state index contributed by atoms with van der Waals surface area (Å²) in [6.07, 6.45) is 3.13. The van der Waals surface area contributed by atoms with Gasteiger partial charge in [0.25, 0.3) is 5.70 Å². The number of carbonyl (C=O) groups is 1. The maximum absolute atomic E-state index is 11.7. The third kappa shape index (κ3) is 11.2. The third-order valence-corrected chi connectivity index (χ3v) is 22.2. The molecule has 0 unspecified atom stereocenters. The average Bonchev–Trinajstić information content (AvgIpc) is 1.64. The van der Waals surface area contributed by atoms with Crippen LogP contribution in [0.5, 0.6) is 0 Å². The van der Waals surface area contributed by atoms with Crippen molar-refractivity contribution in [1.82, 2.24) is 79.7 Å². The van der Waals surface area contributed by atoms with Gasteiger partial charge in [-0.05, 0) is 107 Å². The second kappa shape index (κ2) is 26.1. The van der Waals surface area contributed by atoms with Crippen LogP contribution in [-0.2, 0) is 4.79 Å². The molecule has 0 fully saturated rings. The van der Waals surface area contributed by atoms with E-state index in [1.54, 1.807) is 18.2 Å². The van der Waals surface area contributed by atoms with E-state index in [1.807, 2.05) is 170 Å². The van der Waals surface area contributed by atoms with Crippen LogP contribution in [0.1, 0.15) is 15.3 Å². The number of benzene rings is 11.